The first-order valence-corrected chi connectivity index (χ1v) is 8.21. The summed E-state index contributed by atoms with van der Waals surface area (Å²) in [5.41, 5.74) is 2.84. The second kappa shape index (κ2) is 6.52. The van der Waals surface area contributed by atoms with E-state index >= 15 is 0 Å². The first kappa shape index (κ1) is 15.7. The predicted molar refractivity (Wildman–Crippen MR) is 87.1 cm³/mol. The third kappa shape index (κ3) is 3.78. The van der Waals surface area contributed by atoms with Crippen LogP contribution < -0.4 is 5.32 Å². The normalized spacial score (nSPS) is 15.4. The predicted octanol–water partition coefficient (Wildman–Crippen LogP) is 2.86. The Morgan fingerprint density at radius 1 is 1.30 bits per heavy atom. The molecule has 0 aliphatic heterocycles. The maximum Gasteiger partial charge on any atom is 0.226 e. The highest BCUT2D eigenvalue weighted by Gasteiger charge is 2.44. The quantitative estimate of drug-likeness (QED) is 0.853. The van der Waals surface area contributed by atoms with Crippen LogP contribution in [-0.4, -0.2) is 22.6 Å². The van der Waals surface area contributed by atoms with Crippen molar-refractivity contribution in [1.82, 2.24) is 15.5 Å². The molecule has 1 heterocycles. The van der Waals surface area contributed by atoms with Gasteiger partial charge in [-0.25, -0.2) is 0 Å². The Bertz CT molecular complexity index is 689. The number of aromatic nitrogens is 2. The van der Waals surface area contributed by atoms with Crippen molar-refractivity contribution in [2.45, 2.75) is 51.4 Å². The van der Waals surface area contributed by atoms with Gasteiger partial charge in [0.2, 0.25) is 11.8 Å². The van der Waals surface area contributed by atoms with Crippen molar-refractivity contribution in [3.05, 3.63) is 47.1 Å². The van der Waals surface area contributed by atoms with Gasteiger partial charge in [0, 0.05) is 24.8 Å². The fourth-order valence-corrected chi connectivity index (χ4v) is 3.06. The molecule has 1 saturated carbocycles. The monoisotopic (exact) mass is 313 g/mol. The Labute approximate surface area is 136 Å². The van der Waals surface area contributed by atoms with Crippen LogP contribution in [0.25, 0.3) is 0 Å². The highest BCUT2D eigenvalue weighted by Crippen LogP contribution is 2.48. The Morgan fingerprint density at radius 2 is 2.09 bits per heavy atom. The van der Waals surface area contributed by atoms with E-state index in [2.05, 4.69) is 46.6 Å². The van der Waals surface area contributed by atoms with Crippen molar-refractivity contribution in [3.63, 3.8) is 0 Å². The van der Waals surface area contributed by atoms with Crippen molar-refractivity contribution < 1.29 is 9.32 Å². The van der Waals surface area contributed by atoms with E-state index < -0.39 is 0 Å². The van der Waals surface area contributed by atoms with E-state index in [1.165, 1.54) is 11.1 Å². The SMILES string of the molecule is Cc1noc(CCCC(=O)NCC2(c3ccccc3C)CC2)n1. The van der Waals surface area contributed by atoms with E-state index in [4.69, 9.17) is 4.52 Å². The molecule has 1 aliphatic rings. The fraction of sp³-hybridized carbons (Fsp3) is 0.500. The van der Waals surface area contributed by atoms with Gasteiger partial charge in [0.05, 0.1) is 0 Å². The lowest BCUT2D eigenvalue weighted by molar-refractivity contribution is -0.121. The van der Waals surface area contributed by atoms with Crippen LogP contribution in [0.15, 0.2) is 28.8 Å². The van der Waals surface area contributed by atoms with Crippen molar-refractivity contribution in [3.8, 4) is 0 Å². The topological polar surface area (TPSA) is 68.0 Å². The zero-order valence-electron chi connectivity index (χ0n) is 13.8. The van der Waals surface area contributed by atoms with Crippen molar-refractivity contribution in [2.75, 3.05) is 6.54 Å². The van der Waals surface area contributed by atoms with Gasteiger partial charge in [-0.2, -0.15) is 4.98 Å². The number of carbonyl (C=O) groups excluding carboxylic acids is 1. The Hall–Kier alpha value is -2.17. The maximum atomic E-state index is 12.1. The van der Waals surface area contributed by atoms with Crippen molar-refractivity contribution in [2.24, 2.45) is 0 Å². The molecule has 0 spiro atoms. The summed E-state index contributed by atoms with van der Waals surface area (Å²) in [6.07, 6.45) is 4.17. The second-order valence-electron chi connectivity index (χ2n) is 6.46. The maximum absolute atomic E-state index is 12.1. The van der Waals surface area contributed by atoms with E-state index in [1.54, 1.807) is 6.92 Å². The molecular formula is C18H23N3O2. The van der Waals surface area contributed by atoms with Gasteiger partial charge in [-0.15, -0.1) is 0 Å². The molecule has 5 heteroatoms. The molecule has 1 aromatic heterocycles. The minimum absolute atomic E-state index is 0.0982. The molecule has 0 unspecified atom stereocenters. The van der Waals surface area contributed by atoms with E-state index in [1.807, 2.05) is 0 Å². The van der Waals surface area contributed by atoms with E-state index in [0.29, 0.717) is 24.6 Å². The summed E-state index contributed by atoms with van der Waals surface area (Å²) in [5, 5.41) is 6.84. The van der Waals surface area contributed by atoms with Gasteiger partial charge < -0.3 is 9.84 Å². The second-order valence-corrected chi connectivity index (χ2v) is 6.46. The van der Waals surface area contributed by atoms with Gasteiger partial charge in [0.25, 0.3) is 0 Å². The lowest BCUT2D eigenvalue weighted by atomic mass is 9.92. The minimum Gasteiger partial charge on any atom is -0.355 e. The summed E-state index contributed by atoms with van der Waals surface area (Å²) in [5.74, 6) is 1.34. The van der Waals surface area contributed by atoms with Crippen LogP contribution in [0.5, 0.6) is 0 Å². The Kier molecular flexibility index (Phi) is 4.46. The first-order valence-electron chi connectivity index (χ1n) is 8.21. The number of hydrogen-bond acceptors (Lipinski definition) is 4. The smallest absolute Gasteiger partial charge is 0.226 e. The lowest BCUT2D eigenvalue weighted by Crippen LogP contribution is -2.32. The largest absolute Gasteiger partial charge is 0.355 e. The van der Waals surface area contributed by atoms with E-state index in [9.17, 15) is 4.79 Å². The van der Waals surface area contributed by atoms with Gasteiger partial charge >= 0.3 is 0 Å². The molecule has 23 heavy (non-hydrogen) atoms. The number of rotatable bonds is 7. The van der Waals surface area contributed by atoms with Crippen LogP contribution in [0.1, 0.15) is 48.5 Å². The molecule has 5 nitrogen and oxygen atoms in total. The molecule has 0 bridgehead atoms. The van der Waals surface area contributed by atoms with Gasteiger partial charge in [0.1, 0.15) is 0 Å². The summed E-state index contributed by atoms with van der Waals surface area (Å²) in [6.45, 7) is 4.67. The van der Waals surface area contributed by atoms with Gasteiger partial charge in [-0.05, 0) is 44.2 Å². The third-order valence-electron chi connectivity index (χ3n) is 4.56. The molecular weight excluding hydrogens is 290 g/mol. The number of amides is 1. The van der Waals surface area contributed by atoms with Crippen molar-refractivity contribution in [1.29, 1.82) is 0 Å². The molecule has 2 aromatic rings. The summed E-state index contributed by atoms with van der Waals surface area (Å²) < 4.78 is 5.05. The molecule has 3 rings (SSSR count). The standard InChI is InChI=1S/C18H23N3O2/c1-13-6-3-4-7-15(13)18(10-11-18)12-19-16(22)8-5-9-17-20-14(2)21-23-17/h3-4,6-7H,5,8-12H2,1-2H3,(H,19,22). The summed E-state index contributed by atoms with van der Waals surface area (Å²) in [4.78, 5) is 16.2. The van der Waals surface area contributed by atoms with Crippen LogP contribution in [0, 0.1) is 13.8 Å². The number of nitrogens with zero attached hydrogens (tertiary/aromatic N) is 2. The molecule has 1 amide bonds. The third-order valence-corrected chi connectivity index (χ3v) is 4.56. The van der Waals surface area contributed by atoms with Crippen molar-refractivity contribution >= 4 is 5.91 Å². The molecule has 0 radical (unpaired) electrons. The highest BCUT2D eigenvalue weighted by atomic mass is 16.5. The number of carbonyl (C=O) groups is 1. The van der Waals surface area contributed by atoms with Crippen LogP contribution in [-0.2, 0) is 16.6 Å². The molecule has 0 saturated heterocycles. The Balaban J connectivity index is 1.45. The van der Waals surface area contributed by atoms with Crippen LogP contribution in [0.2, 0.25) is 0 Å². The van der Waals surface area contributed by atoms with Gasteiger partial charge in [0.15, 0.2) is 5.82 Å². The fourth-order valence-electron chi connectivity index (χ4n) is 3.06. The van der Waals surface area contributed by atoms with Crippen LogP contribution >= 0.6 is 0 Å². The number of hydrogen-bond donors (Lipinski definition) is 1. The summed E-state index contributed by atoms with van der Waals surface area (Å²) in [6, 6.07) is 8.47. The highest BCUT2D eigenvalue weighted by molar-refractivity contribution is 5.76. The Morgan fingerprint density at radius 3 is 2.74 bits per heavy atom. The average Bonchev–Trinajstić information content (AvgIpc) is 3.21. The molecule has 1 fully saturated rings. The average molecular weight is 313 g/mol. The van der Waals surface area contributed by atoms with Crippen LogP contribution in [0.4, 0.5) is 0 Å². The van der Waals surface area contributed by atoms with Gasteiger partial charge in [-0.1, -0.05) is 29.4 Å². The molecule has 1 aromatic carbocycles. The number of nitrogens with one attached hydrogen (secondary N) is 1. The summed E-state index contributed by atoms with van der Waals surface area (Å²) >= 11 is 0. The molecule has 122 valence electrons. The van der Waals surface area contributed by atoms with Crippen LogP contribution in [0.3, 0.4) is 0 Å². The molecule has 1 N–H and O–H groups in total. The lowest BCUT2D eigenvalue weighted by Gasteiger charge is -2.18. The number of benzene rings is 1. The first-order chi connectivity index (χ1) is 11.1. The molecule has 1 aliphatic carbocycles. The van der Waals surface area contributed by atoms with E-state index in [-0.39, 0.29) is 11.3 Å². The summed E-state index contributed by atoms with van der Waals surface area (Å²) in [7, 11) is 0. The van der Waals surface area contributed by atoms with E-state index in [0.717, 1.165) is 25.8 Å². The zero-order chi connectivity index (χ0) is 16.3. The van der Waals surface area contributed by atoms with Gasteiger partial charge in [-0.3, -0.25) is 4.79 Å². The minimum atomic E-state index is 0.0982. The molecule has 0 atom stereocenters. The zero-order valence-corrected chi connectivity index (χ0v) is 13.8. The number of aryl methyl sites for hydroxylation is 3.